The maximum atomic E-state index is 12.8. The maximum Gasteiger partial charge on any atom is 0.343 e. The highest BCUT2D eigenvalue weighted by Gasteiger charge is 2.14. The number of amides is 1. The van der Waals surface area contributed by atoms with Crippen molar-refractivity contribution < 1.29 is 19.1 Å². The third-order valence-electron chi connectivity index (χ3n) is 6.18. The zero-order valence-electron chi connectivity index (χ0n) is 21.6. The van der Waals surface area contributed by atoms with Gasteiger partial charge in [0.2, 0.25) is 0 Å². The van der Waals surface area contributed by atoms with Crippen LogP contribution in [0.15, 0.2) is 114 Å². The van der Waals surface area contributed by atoms with E-state index in [1.807, 2.05) is 73.7 Å². The predicted molar refractivity (Wildman–Crippen MR) is 157 cm³/mol. The van der Waals surface area contributed by atoms with Crippen LogP contribution >= 0.6 is 11.6 Å². The van der Waals surface area contributed by atoms with Gasteiger partial charge in [-0.3, -0.25) is 4.79 Å². The van der Waals surface area contributed by atoms with E-state index in [4.69, 9.17) is 21.1 Å². The van der Waals surface area contributed by atoms with Crippen molar-refractivity contribution in [2.45, 2.75) is 13.5 Å². The molecule has 0 heterocycles. The molecule has 5 aromatic carbocycles. The summed E-state index contributed by atoms with van der Waals surface area (Å²) in [6.07, 6.45) is 1.49. The van der Waals surface area contributed by atoms with Crippen LogP contribution in [0, 0.1) is 6.92 Å². The van der Waals surface area contributed by atoms with Crippen LogP contribution in [0.2, 0.25) is 5.02 Å². The molecule has 0 aliphatic rings. The van der Waals surface area contributed by atoms with Gasteiger partial charge < -0.3 is 9.47 Å². The summed E-state index contributed by atoms with van der Waals surface area (Å²) < 4.78 is 11.5. The van der Waals surface area contributed by atoms with E-state index in [9.17, 15) is 9.59 Å². The molecule has 7 heteroatoms. The lowest BCUT2D eigenvalue weighted by molar-refractivity contribution is 0.0734. The summed E-state index contributed by atoms with van der Waals surface area (Å²) in [6.45, 7) is 2.30. The molecule has 0 atom stereocenters. The van der Waals surface area contributed by atoms with E-state index < -0.39 is 5.97 Å². The van der Waals surface area contributed by atoms with Crippen LogP contribution in [-0.2, 0) is 6.61 Å². The molecule has 0 aliphatic carbocycles. The first-order valence-corrected chi connectivity index (χ1v) is 13.0. The molecule has 1 amide bonds. The fourth-order valence-electron chi connectivity index (χ4n) is 4.10. The van der Waals surface area contributed by atoms with Crippen LogP contribution in [0.25, 0.3) is 10.8 Å². The zero-order chi connectivity index (χ0) is 27.9. The second kappa shape index (κ2) is 12.3. The van der Waals surface area contributed by atoms with E-state index >= 15 is 0 Å². The largest absolute Gasteiger partial charge is 0.489 e. The molecular formula is C33H25ClN2O4. The van der Waals surface area contributed by atoms with Gasteiger partial charge in [-0.2, -0.15) is 5.10 Å². The SMILES string of the molecule is Cc1cccc(C(=O)Oc2ccc3ccccc3c2/C=N\NC(=O)c2ccc(OCc3ccc(Cl)cc3)cc2)c1. The number of hydrogen-bond acceptors (Lipinski definition) is 5. The van der Waals surface area contributed by atoms with Crippen molar-refractivity contribution in [3.63, 3.8) is 0 Å². The first-order valence-electron chi connectivity index (χ1n) is 12.6. The summed E-state index contributed by atoms with van der Waals surface area (Å²) in [5, 5.41) is 6.61. The predicted octanol–water partition coefficient (Wildman–Crippen LogP) is 7.36. The van der Waals surface area contributed by atoms with Gasteiger partial charge in [-0.05, 0) is 77.9 Å². The number of halogens is 1. The van der Waals surface area contributed by atoms with Gasteiger partial charge in [0.25, 0.3) is 5.91 Å². The number of nitrogens with zero attached hydrogens (tertiary/aromatic N) is 1. The molecule has 5 rings (SSSR count). The van der Waals surface area contributed by atoms with Gasteiger partial charge >= 0.3 is 5.97 Å². The van der Waals surface area contributed by atoms with Crippen LogP contribution in [-0.4, -0.2) is 18.1 Å². The normalized spacial score (nSPS) is 10.9. The number of esters is 1. The molecule has 5 aromatic rings. The number of aryl methyl sites for hydroxylation is 1. The van der Waals surface area contributed by atoms with Crippen LogP contribution in [0.4, 0.5) is 0 Å². The third-order valence-corrected chi connectivity index (χ3v) is 6.43. The summed E-state index contributed by atoms with van der Waals surface area (Å²) in [5.41, 5.74) is 5.93. The van der Waals surface area contributed by atoms with E-state index in [-0.39, 0.29) is 5.91 Å². The first-order chi connectivity index (χ1) is 19.5. The fraction of sp³-hybridized carbons (Fsp3) is 0.0606. The summed E-state index contributed by atoms with van der Waals surface area (Å²) in [5.74, 6) is 0.103. The molecule has 0 saturated heterocycles. The average molecular weight is 549 g/mol. The Morgan fingerprint density at radius 2 is 1.62 bits per heavy atom. The molecule has 0 aliphatic heterocycles. The molecule has 0 bridgehead atoms. The average Bonchev–Trinajstić information content (AvgIpc) is 2.98. The Hall–Kier alpha value is -4.94. The third kappa shape index (κ3) is 6.54. The van der Waals surface area contributed by atoms with Crippen molar-refractivity contribution in [2.75, 3.05) is 0 Å². The Labute approximate surface area is 236 Å². The van der Waals surface area contributed by atoms with Gasteiger partial charge in [-0.25, -0.2) is 10.2 Å². The van der Waals surface area contributed by atoms with Gasteiger partial charge in [0.15, 0.2) is 0 Å². The monoisotopic (exact) mass is 548 g/mol. The minimum Gasteiger partial charge on any atom is -0.489 e. The Kier molecular flexibility index (Phi) is 8.18. The minimum atomic E-state index is -0.476. The van der Waals surface area contributed by atoms with Crippen LogP contribution < -0.4 is 14.9 Å². The molecule has 0 aromatic heterocycles. The lowest BCUT2D eigenvalue weighted by Crippen LogP contribution is -2.17. The van der Waals surface area contributed by atoms with Crippen LogP contribution in [0.3, 0.4) is 0 Å². The van der Waals surface area contributed by atoms with E-state index in [0.717, 1.165) is 21.9 Å². The number of nitrogens with one attached hydrogen (secondary N) is 1. The minimum absolute atomic E-state index is 0.338. The van der Waals surface area contributed by atoms with Crippen molar-refractivity contribution in [1.82, 2.24) is 5.43 Å². The van der Waals surface area contributed by atoms with Gasteiger partial charge in [-0.15, -0.1) is 0 Å². The lowest BCUT2D eigenvalue weighted by Gasteiger charge is -2.11. The molecule has 40 heavy (non-hydrogen) atoms. The topological polar surface area (TPSA) is 77.0 Å². The molecule has 6 nitrogen and oxygen atoms in total. The quantitative estimate of drug-likeness (QED) is 0.0950. The number of rotatable bonds is 8. The Morgan fingerprint density at radius 3 is 2.40 bits per heavy atom. The van der Waals surface area contributed by atoms with Gasteiger partial charge in [0.05, 0.1) is 11.8 Å². The van der Waals surface area contributed by atoms with E-state index in [2.05, 4.69) is 10.5 Å². The van der Waals surface area contributed by atoms with Gasteiger partial charge in [0, 0.05) is 16.1 Å². The second-order valence-electron chi connectivity index (χ2n) is 9.10. The zero-order valence-corrected chi connectivity index (χ0v) is 22.4. The Bertz CT molecular complexity index is 1700. The summed E-state index contributed by atoms with van der Waals surface area (Å²) >= 11 is 5.92. The molecule has 198 valence electrons. The summed E-state index contributed by atoms with van der Waals surface area (Å²) in [4.78, 5) is 25.6. The number of hydrogen-bond donors (Lipinski definition) is 1. The molecule has 0 radical (unpaired) electrons. The number of fused-ring (bicyclic) bond motifs is 1. The van der Waals surface area contributed by atoms with Gasteiger partial charge in [-0.1, -0.05) is 71.8 Å². The number of hydrazone groups is 1. The fourth-order valence-corrected chi connectivity index (χ4v) is 4.22. The Balaban J connectivity index is 1.28. The second-order valence-corrected chi connectivity index (χ2v) is 9.53. The number of carbonyl (C=O) groups excluding carboxylic acids is 2. The van der Waals surface area contributed by atoms with Crippen molar-refractivity contribution in [3.8, 4) is 11.5 Å². The summed E-state index contributed by atoms with van der Waals surface area (Å²) in [6, 6.07) is 32.7. The molecule has 0 saturated carbocycles. The maximum absolute atomic E-state index is 12.8. The highest BCUT2D eigenvalue weighted by Crippen LogP contribution is 2.27. The van der Waals surface area contributed by atoms with Crippen LogP contribution in [0.1, 0.15) is 37.4 Å². The molecule has 0 spiro atoms. The van der Waals surface area contributed by atoms with Crippen molar-refractivity contribution in [3.05, 3.63) is 142 Å². The van der Waals surface area contributed by atoms with E-state index in [1.54, 1.807) is 42.5 Å². The Morgan fingerprint density at radius 1 is 0.850 bits per heavy atom. The van der Waals surface area contributed by atoms with Crippen LogP contribution in [0.5, 0.6) is 11.5 Å². The molecular weight excluding hydrogens is 524 g/mol. The number of ether oxygens (including phenoxy) is 2. The molecule has 0 fully saturated rings. The summed E-state index contributed by atoms with van der Waals surface area (Å²) in [7, 11) is 0. The van der Waals surface area contributed by atoms with Crippen molar-refractivity contribution in [1.29, 1.82) is 0 Å². The van der Waals surface area contributed by atoms with Crippen molar-refractivity contribution in [2.24, 2.45) is 5.10 Å². The number of benzene rings is 5. The van der Waals surface area contributed by atoms with Gasteiger partial charge in [0.1, 0.15) is 18.1 Å². The molecule has 0 unspecified atom stereocenters. The van der Waals surface area contributed by atoms with E-state index in [1.165, 1.54) is 6.21 Å². The van der Waals surface area contributed by atoms with E-state index in [0.29, 0.717) is 39.8 Å². The first kappa shape index (κ1) is 26.7. The highest BCUT2D eigenvalue weighted by atomic mass is 35.5. The highest BCUT2D eigenvalue weighted by molar-refractivity contribution is 6.30. The lowest BCUT2D eigenvalue weighted by atomic mass is 10.0. The number of carbonyl (C=O) groups is 2. The molecule has 1 N–H and O–H groups in total. The smallest absolute Gasteiger partial charge is 0.343 e. The van der Waals surface area contributed by atoms with Crippen molar-refractivity contribution >= 4 is 40.5 Å². The standard InChI is InChI=1S/C33H25ClN2O4/c1-22-5-4-7-26(19-22)33(38)40-31-18-13-24-6-2-3-8-29(24)30(31)20-35-36-32(37)25-11-16-28(17-12-25)39-21-23-9-14-27(34)15-10-23/h2-20H,21H2,1H3,(H,36,37)/b35-20-.